The summed E-state index contributed by atoms with van der Waals surface area (Å²) in [5, 5.41) is 11.3. The van der Waals surface area contributed by atoms with Crippen LogP contribution in [0.1, 0.15) is 24.3 Å². The van der Waals surface area contributed by atoms with E-state index in [1.54, 1.807) is 41.0 Å². The van der Waals surface area contributed by atoms with Crippen molar-refractivity contribution in [3.8, 4) is 22.9 Å². The van der Waals surface area contributed by atoms with E-state index in [4.69, 9.17) is 32.7 Å². The Balaban J connectivity index is 1.73. The van der Waals surface area contributed by atoms with Gasteiger partial charge in [0.2, 0.25) is 0 Å². The molecular weight excluding hydrogens is 437 g/mol. The normalized spacial score (nSPS) is 11.1. The molecule has 31 heavy (non-hydrogen) atoms. The van der Waals surface area contributed by atoms with Crippen molar-refractivity contribution < 1.29 is 19.4 Å². The zero-order chi connectivity index (χ0) is 22.1. The maximum Gasteiger partial charge on any atom is 0.352 e. The number of aromatic carboxylic acids is 1. The molecule has 4 rings (SSSR count). The van der Waals surface area contributed by atoms with Gasteiger partial charge in [-0.05, 0) is 74.5 Å². The summed E-state index contributed by atoms with van der Waals surface area (Å²) in [6, 6.07) is 19.3. The van der Waals surface area contributed by atoms with E-state index < -0.39 is 5.97 Å². The predicted molar refractivity (Wildman–Crippen MR) is 123 cm³/mol. The molecule has 5 nitrogen and oxygen atoms in total. The third kappa shape index (κ3) is 4.48. The Labute approximate surface area is 189 Å². The van der Waals surface area contributed by atoms with Crippen LogP contribution in [0.5, 0.6) is 17.2 Å². The molecule has 0 atom stereocenters. The van der Waals surface area contributed by atoms with Crippen LogP contribution in [0.4, 0.5) is 0 Å². The Kier molecular flexibility index (Phi) is 5.81. The first-order valence-corrected chi connectivity index (χ1v) is 10.4. The number of hydrogen-bond acceptors (Lipinski definition) is 3. The highest BCUT2D eigenvalue weighted by Crippen LogP contribution is 2.33. The monoisotopic (exact) mass is 455 g/mol. The van der Waals surface area contributed by atoms with Crippen molar-refractivity contribution >= 4 is 40.1 Å². The molecule has 0 spiro atoms. The Morgan fingerprint density at radius 1 is 0.871 bits per heavy atom. The van der Waals surface area contributed by atoms with E-state index in [-0.39, 0.29) is 11.8 Å². The predicted octanol–water partition coefficient (Wildman–Crippen LogP) is 7.22. The Morgan fingerprint density at radius 3 is 2.16 bits per heavy atom. The van der Waals surface area contributed by atoms with E-state index in [9.17, 15) is 9.90 Å². The Hall–Kier alpha value is -3.15. The molecule has 0 saturated heterocycles. The summed E-state index contributed by atoms with van der Waals surface area (Å²) in [5.41, 5.74) is 1.62. The van der Waals surface area contributed by atoms with Crippen molar-refractivity contribution in [2.24, 2.45) is 0 Å². The molecule has 1 heterocycles. The summed E-state index contributed by atoms with van der Waals surface area (Å²) >= 11 is 12.0. The average molecular weight is 456 g/mol. The maximum absolute atomic E-state index is 11.9. The molecule has 1 aromatic heterocycles. The largest absolute Gasteiger partial charge is 0.491 e. The van der Waals surface area contributed by atoms with Crippen LogP contribution < -0.4 is 9.47 Å². The van der Waals surface area contributed by atoms with Crippen molar-refractivity contribution in [3.63, 3.8) is 0 Å². The van der Waals surface area contributed by atoms with Gasteiger partial charge in [0.05, 0.1) is 21.7 Å². The number of hydrogen-bond donors (Lipinski definition) is 1. The van der Waals surface area contributed by atoms with E-state index in [1.165, 1.54) is 0 Å². The van der Waals surface area contributed by atoms with Gasteiger partial charge in [-0.15, -0.1) is 0 Å². The summed E-state index contributed by atoms with van der Waals surface area (Å²) in [4.78, 5) is 11.9. The molecule has 0 aliphatic heterocycles. The van der Waals surface area contributed by atoms with Crippen molar-refractivity contribution in [1.82, 2.24) is 4.57 Å². The molecule has 7 heteroatoms. The first-order chi connectivity index (χ1) is 14.8. The molecule has 158 valence electrons. The molecular formula is C24H19Cl2NO4. The molecule has 0 aliphatic carbocycles. The van der Waals surface area contributed by atoms with Gasteiger partial charge in [0.1, 0.15) is 22.9 Å². The quantitative estimate of drug-likeness (QED) is 0.333. The number of carbonyl (C=O) groups is 1. The van der Waals surface area contributed by atoms with Crippen molar-refractivity contribution in [1.29, 1.82) is 0 Å². The van der Waals surface area contributed by atoms with Crippen LogP contribution in [0, 0.1) is 0 Å². The number of ether oxygens (including phenoxy) is 2. The molecule has 4 aromatic rings. The SMILES string of the molecule is CC(C)Oc1ccc(-n2c(C(=O)O)cc3cc(Oc4ccc(Cl)c(Cl)c4)ccc32)cc1. The Morgan fingerprint density at radius 2 is 1.52 bits per heavy atom. The zero-order valence-corrected chi connectivity index (χ0v) is 18.3. The smallest absolute Gasteiger partial charge is 0.352 e. The summed E-state index contributed by atoms with van der Waals surface area (Å²) < 4.78 is 13.2. The van der Waals surface area contributed by atoms with Crippen molar-refractivity contribution in [2.45, 2.75) is 20.0 Å². The minimum Gasteiger partial charge on any atom is -0.491 e. The van der Waals surface area contributed by atoms with Gasteiger partial charge >= 0.3 is 5.97 Å². The second kappa shape index (κ2) is 8.53. The van der Waals surface area contributed by atoms with Gasteiger partial charge in [-0.3, -0.25) is 0 Å². The van der Waals surface area contributed by atoms with Crippen LogP contribution >= 0.6 is 23.2 Å². The highest BCUT2D eigenvalue weighted by atomic mass is 35.5. The lowest BCUT2D eigenvalue weighted by atomic mass is 10.2. The van der Waals surface area contributed by atoms with E-state index in [0.29, 0.717) is 21.5 Å². The van der Waals surface area contributed by atoms with Gasteiger partial charge in [-0.1, -0.05) is 23.2 Å². The van der Waals surface area contributed by atoms with Gasteiger partial charge < -0.3 is 19.1 Å². The summed E-state index contributed by atoms with van der Waals surface area (Å²) in [6.45, 7) is 3.90. The number of rotatable bonds is 6. The third-order valence-corrected chi connectivity index (χ3v) is 5.32. The first kappa shape index (κ1) is 21.1. The number of carboxylic acid groups (broad SMARTS) is 1. The maximum atomic E-state index is 11.9. The van der Waals surface area contributed by atoms with Gasteiger partial charge in [0.15, 0.2) is 0 Å². The minimum absolute atomic E-state index is 0.0572. The topological polar surface area (TPSA) is 60.7 Å². The lowest BCUT2D eigenvalue weighted by Gasteiger charge is -2.12. The van der Waals surface area contributed by atoms with Gasteiger partial charge in [-0.25, -0.2) is 4.79 Å². The minimum atomic E-state index is -1.02. The molecule has 0 amide bonds. The Bertz CT molecular complexity index is 1260. The van der Waals surface area contributed by atoms with Gasteiger partial charge in [0.25, 0.3) is 0 Å². The molecule has 1 N–H and O–H groups in total. The summed E-state index contributed by atoms with van der Waals surface area (Å²) in [5.74, 6) is 0.795. The fourth-order valence-corrected chi connectivity index (χ4v) is 3.60. The zero-order valence-electron chi connectivity index (χ0n) is 16.8. The van der Waals surface area contributed by atoms with Gasteiger partial charge in [-0.2, -0.15) is 0 Å². The average Bonchev–Trinajstić information content (AvgIpc) is 3.10. The van der Waals surface area contributed by atoms with Crippen LogP contribution in [0.3, 0.4) is 0 Å². The number of halogens is 2. The van der Waals surface area contributed by atoms with E-state index in [2.05, 4.69) is 0 Å². The first-order valence-electron chi connectivity index (χ1n) is 9.60. The molecule has 0 fully saturated rings. The van der Waals surface area contributed by atoms with Crippen LogP contribution in [0.2, 0.25) is 10.0 Å². The van der Waals surface area contributed by atoms with Crippen LogP contribution in [0.25, 0.3) is 16.6 Å². The summed E-state index contributed by atoms with van der Waals surface area (Å²) in [6.07, 6.45) is 0.0572. The second-order valence-corrected chi connectivity index (χ2v) is 8.04. The number of aromatic nitrogens is 1. The van der Waals surface area contributed by atoms with Crippen LogP contribution in [-0.4, -0.2) is 21.7 Å². The highest BCUT2D eigenvalue weighted by molar-refractivity contribution is 6.42. The number of carboxylic acids is 1. The number of nitrogens with zero attached hydrogens (tertiary/aromatic N) is 1. The number of fused-ring (bicyclic) bond motifs is 1. The lowest BCUT2D eigenvalue weighted by Crippen LogP contribution is -2.07. The lowest BCUT2D eigenvalue weighted by molar-refractivity contribution is 0.0688. The fraction of sp³-hybridized carbons (Fsp3) is 0.125. The summed E-state index contributed by atoms with van der Waals surface area (Å²) in [7, 11) is 0. The van der Waals surface area contributed by atoms with Crippen molar-refractivity contribution in [3.05, 3.63) is 82.5 Å². The molecule has 0 radical (unpaired) electrons. The number of benzene rings is 3. The highest BCUT2D eigenvalue weighted by Gasteiger charge is 2.17. The van der Waals surface area contributed by atoms with Crippen molar-refractivity contribution in [2.75, 3.05) is 0 Å². The van der Waals surface area contributed by atoms with E-state index >= 15 is 0 Å². The molecule has 0 unspecified atom stereocenters. The standard InChI is InChI=1S/C24H19Cl2NO4/c1-14(2)30-17-5-3-16(4-6-17)27-22-10-8-18(11-15(22)12-23(27)24(28)29)31-19-7-9-20(25)21(26)13-19/h3-14H,1-2H3,(H,28,29). The molecule has 0 aliphatic rings. The third-order valence-electron chi connectivity index (χ3n) is 4.59. The second-order valence-electron chi connectivity index (χ2n) is 7.23. The molecule has 3 aromatic carbocycles. The van der Waals surface area contributed by atoms with Crippen LogP contribution in [-0.2, 0) is 0 Å². The van der Waals surface area contributed by atoms with E-state index in [0.717, 1.165) is 22.3 Å². The van der Waals surface area contributed by atoms with Crippen LogP contribution in [0.15, 0.2) is 66.7 Å². The van der Waals surface area contributed by atoms with E-state index in [1.807, 2.05) is 44.2 Å². The fourth-order valence-electron chi connectivity index (χ4n) is 3.31. The van der Waals surface area contributed by atoms with Gasteiger partial charge in [0, 0.05) is 17.1 Å². The molecule has 0 saturated carbocycles. The molecule has 0 bridgehead atoms.